The number of fused-ring (bicyclic) bond motifs is 1. The van der Waals surface area contributed by atoms with Gasteiger partial charge in [-0.05, 0) is 87.5 Å². The van der Waals surface area contributed by atoms with E-state index in [1.54, 1.807) is 0 Å². The molecule has 0 aromatic heterocycles. The van der Waals surface area contributed by atoms with Crippen LogP contribution in [0.5, 0.6) is 0 Å². The van der Waals surface area contributed by atoms with Gasteiger partial charge < -0.3 is 4.43 Å². The molecule has 3 rings (SSSR count). The highest BCUT2D eigenvalue weighted by Crippen LogP contribution is 2.56. The minimum absolute atomic E-state index is 0.209. The standard InChI is InChI=1S/C26H40O2Si/c1-19(22-16-17-23-24(27)9-8-18-26(22,23)4)10-11-20-12-14-21(15-13-20)25(2,3)28-29(5,6)7/h10-15,19,22-23H,8-9,16-18H2,1-7H3/t19-,22-,23+,26-/m1/s1. The van der Waals surface area contributed by atoms with Crippen molar-refractivity contribution >= 4 is 20.2 Å². The van der Waals surface area contributed by atoms with Gasteiger partial charge in [-0.15, -0.1) is 0 Å². The van der Waals surface area contributed by atoms with Crippen LogP contribution >= 0.6 is 0 Å². The summed E-state index contributed by atoms with van der Waals surface area (Å²) in [6, 6.07) is 8.82. The lowest BCUT2D eigenvalue weighted by atomic mass is 9.62. The average Bonchev–Trinajstić information content (AvgIpc) is 2.96. The highest BCUT2D eigenvalue weighted by Gasteiger charge is 2.51. The van der Waals surface area contributed by atoms with Gasteiger partial charge in [-0.25, -0.2) is 0 Å². The van der Waals surface area contributed by atoms with Crippen LogP contribution in [0, 0.1) is 23.2 Å². The summed E-state index contributed by atoms with van der Waals surface area (Å²) in [5, 5.41) is 0. The highest BCUT2D eigenvalue weighted by atomic mass is 28.4. The van der Waals surface area contributed by atoms with Crippen molar-refractivity contribution in [3.05, 3.63) is 41.5 Å². The van der Waals surface area contributed by atoms with E-state index in [-0.39, 0.29) is 11.0 Å². The molecule has 1 aromatic carbocycles. The van der Waals surface area contributed by atoms with Crippen LogP contribution in [0.15, 0.2) is 30.3 Å². The Kier molecular flexibility index (Phi) is 6.32. The zero-order valence-corrected chi connectivity index (χ0v) is 20.5. The number of carbonyl (C=O) groups excluding carboxylic acids is 1. The van der Waals surface area contributed by atoms with Crippen LogP contribution in [0.1, 0.15) is 70.9 Å². The Morgan fingerprint density at radius 3 is 2.45 bits per heavy atom. The Hall–Kier alpha value is -1.19. The summed E-state index contributed by atoms with van der Waals surface area (Å²) in [5.74, 6) is 1.96. The zero-order chi connectivity index (χ0) is 21.4. The maximum atomic E-state index is 12.4. The van der Waals surface area contributed by atoms with Crippen LogP contribution in [0.25, 0.3) is 6.08 Å². The van der Waals surface area contributed by atoms with Gasteiger partial charge >= 0.3 is 0 Å². The molecule has 2 aliphatic rings. The van der Waals surface area contributed by atoms with E-state index in [4.69, 9.17) is 4.43 Å². The molecule has 0 spiro atoms. The predicted octanol–water partition coefficient (Wildman–Crippen LogP) is 7.21. The number of rotatable bonds is 6. The normalized spacial score (nSPS) is 29.3. The van der Waals surface area contributed by atoms with Crippen molar-refractivity contribution in [1.29, 1.82) is 0 Å². The molecular weight excluding hydrogens is 372 g/mol. The van der Waals surface area contributed by atoms with Crippen LogP contribution < -0.4 is 0 Å². The molecule has 3 heteroatoms. The van der Waals surface area contributed by atoms with Crippen LogP contribution in [0.4, 0.5) is 0 Å². The lowest BCUT2D eigenvalue weighted by molar-refractivity contribution is -0.129. The molecule has 0 N–H and O–H groups in total. The predicted molar refractivity (Wildman–Crippen MR) is 125 cm³/mol. The third-order valence-corrected chi connectivity index (χ3v) is 8.45. The molecule has 2 saturated carbocycles. The van der Waals surface area contributed by atoms with E-state index in [1.165, 1.54) is 24.0 Å². The Morgan fingerprint density at radius 2 is 1.83 bits per heavy atom. The Balaban J connectivity index is 1.68. The van der Waals surface area contributed by atoms with E-state index in [0.29, 0.717) is 23.5 Å². The van der Waals surface area contributed by atoms with E-state index in [1.807, 2.05) is 0 Å². The average molecular weight is 413 g/mol. The minimum atomic E-state index is -1.60. The number of carbonyl (C=O) groups is 1. The van der Waals surface area contributed by atoms with Crippen molar-refractivity contribution < 1.29 is 9.22 Å². The van der Waals surface area contributed by atoms with Crippen molar-refractivity contribution in [1.82, 2.24) is 0 Å². The molecule has 4 atom stereocenters. The first-order valence-electron chi connectivity index (χ1n) is 11.4. The number of ketones is 1. The van der Waals surface area contributed by atoms with Crippen molar-refractivity contribution in [2.45, 2.75) is 85.0 Å². The summed E-state index contributed by atoms with van der Waals surface area (Å²) in [4.78, 5) is 12.4. The summed E-state index contributed by atoms with van der Waals surface area (Å²) < 4.78 is 6.38. The number of allylic oxidation sites excluding steroid dienone is 1. The van der Waals surface area contributed by atoms with E-state index in [2.05, 4.69) is 83.8 Å². The highest BCUT2D eigenvalue weighted by molar-refractivity contribution is 6.69. The molecule has 2 aliphatic carbocycles. The fraction of sp³-hybridized carbons (Fsp3) is 0.654. The van der Waals surface area contributed by atoms with Crippen molar-refractivity contribution in [3.8, 4) is 0 Å². The quantitative estimate of drug-likeness (QED) is 0.461. The monoisotopic (exact) mass is 412 g/mol. The smallest absolute Gasteiger partial charge is 0.184 e. The molecule has 0 heterocycles. The zero-order valence-electron chi connectivity index (χ0n) is 19.5. The molecule has 0 saturated heterocycles. The van der Waals surface area contributed by atoms with E-state index in [0.717, 1.165) is 19.3 Å². The van der Waals surface area contributed by atoms with Crippen molar-refractivity contribution in [2.75, 3.05) is 0 Å². The van der Waals surface area contributed by atoms with Gasteiger partial charge in [-0.1, -0.05) is 50.3 Å². The lowest BCUT2D eigenvalue weighted by Gasteiger charge is -2.41. The Bertz CT molecular complexity index is 756. The van der Waals surface area contributed by atoms with Crippen molar-refractivity contribution in [3.63, 3.8) is 0 Å². The van der Waals surface area contributed by atoms with Crippen LogP contribution in [-0.4, -0.2) is 14.1 Å². The second kappa shape index (κ2) is 8.15. The van der Waals surface area contributed by atoms with Gasteiger partial charge in [0.1, 0.15) is 5.78 Å². The van der Waals surface area contributed by atoms with Gasteiger partial charge in [0.15, 0.2) is 8.32 Å². The molecule has 0 unspecified atom stereocenters. The Labute approximate surface area is 179 Å². The first-order valence-corrected chi connectivity index (χ1v) is 14.8. The maximum absolute atomic E-state index is 12.4. The SMILES string of the molecule is C[C@H](C=Cc1ccc(C(C)(C)O[Si](C)(C)C)cc1)[C@H]1CC[C@H]2C(=O)CCC[C@]12C. The summed E-state index contributed by atoms with van der Waals surface area (Å²) in [7, 11) is -1.60. The van der Waals surface area contributed by atoms with Gasteiger partial charge in [-0.3, -0.25) is 4.79 Å². The van der Waals surface area contributed by atoms with E-state index >= 15 is 0 Å². The third kappa shape index (κ3) is 4.94. The number of Topliss-reactive ketones (excluding diaryl/α,β-unsaturated/α-hetero) is 1. The molecule has 1 aromatic rings. The minimum Gasteiger partial charge on any atom is -0.409 e. The summed E-state index contributed by atoms with van der Waals surface area (Å²) in [6.07, 6.45) is 10.0. The largest absolute Gasteiger partial charge is 0.409 e. The maximum Gasteiger partial charge on any atom is 0.184 e. The molecule has 2 fully saturated rings. The second-order valence-electron chi connectivity index (χ2n) is 11.1. The van der Waals surface area contributed by atoms with E-state index in [9.17, 15) is 4.79 Å². The summed E-state index contributed by atoms with van der Waals surface area (Å²) in [6.45, 7) is 15.8. The molecule has 0 amide bonds. The lowest BCUT2D eigenvalue weighted by Crippen LogP contribution is -2.39. The first kappa shape index (κ1) is 22.5. The van der Waals surface area contributed by atoms with Gasteiger partial charge in [0.2, 0.25) is 0 Å². The molecule has 160 valence electrons. The van der Waals surface area contributed by atoms with Gasteiger partial charge in [0.25, 0.3) is 0 Å². The van der Waals surface area contributed by atoms with Crippen LogP contribution in [0.3, 0.4) is 0 Å². The molecule has 0 aliphatic heterocycles. The number of hydrogen-bond acceptors (Lipinski definition) is 2. The Morgan fingerprint density at radius 1 is 1.17 bits per heavy atom. The molecule has 29 heavy (non-hydrogen) atoms. The second-order valence-corrected chi connectivity index (χ2v) is 15.6. The van der Waals surface area contributed by atoms with Gasteiger partial charge in [-0.2, -0.15) is 0 Å². The summed E-state index contributed by atoms with van der Waals surface area (Å²) >= 11 is 0. The number of hydrogen-bond donors (Lipinski definition) is 0. The molecular formula is C26H40O2Si. The van der Waals surface area contributed by atoms with Crippen LogP contribution in [0.2, 0.25) is 19.6 Å². The van der Waals surface area contributed by atoms with Gasteiger partial charge in [0, 0.05) is 12.3 Å². The molecule has 0 radical (unpaired) electrons. The molecule has 2 nitrogen and oxygen atoms in total. The van der Waals surface area contributed by atoms with Crippen molar-refractivity contribution in [2.24, 2.45) is 23.2 Å². The summed E-state index contributed by atoms with van der Waals surface area (Å²) in [5.41, 5.74) is 2.43. The molecule has 0 bridgehead atoms. The third-order valence-electron chi connectivity index (χ3n) is 7.33. The number of benzene rings is 1. The fourth-order valence-corrected chi connectivity index (χ4v) is 7.70. The van der Waals surface area contributed by atoms with Crippen LogP contribution in [-0.2, 0) is 14.8 Å². The topological polar surface area (TPSA) is 26.3 Å². The van der Waals surface area contributed by atoms with E-state index < -0.39 is 8.32 Å². The van der Waals surface area contributed by atoms with Gasteiger partial charge in [0.05, 0.1) is 5.60 Å². The first-order chi connectivity index (χ1) is 13.4. The fourth-order valence-electron chi connectivity index (χ4n) is 6.05.